The zero-order valence-electron chi connectivity index (χ0n) is 22.7. The minimum Gasteiger partial charge on any atom is -0.508 e. The van der Waals surface area contributed by atoms with Crippen molar-refractivity contribution in [3.05, 3.63) is 59.3 Å². The van der Waals surface area contributed by atoms with Gasteiger partial charge in [-0.15, -0.1) is 0 Å². The molecule has 2 N–H and O–H groups in total. The van der Waals surface area contributed by atoms with Gasteiger partial charge < -0.3 is 19.7 Å². The number of rotatable bonds is 7. The van der Waals surface area contributed by atoms with Crippen LogP contribution in [0.3, 0.4) is 0 Å². The zero-order valence-corrected chi connectivity index (χ0v) is 22.7. The predicted octanol–water partition coefficient (Wildman–Crippen LogP) is 5.27. The van der Waals surface area contributed by atoms with Crippen molar-refractivity contribution >= 4 is 22.8 Å². The number of imide groups is 1. The van der Waals surface area contributed by atoms with Gasteiger partial charge in [0.1, 0.15) is 23.1 Å². The number of piperidine rings is 1. The molecule has 1 aromatic heterocycles. The van der Waals surface area contributed by atoms with E-state index in [1.807, 2.05) is 6.07 Å². The molecule has 0 radical (unpaired) electrons. The van der Waals surface area contributed by atoms with Gasteiger partial charge in [0.2, 0.25) is 0 Å². The fourth-order valence-electron chi connectivity index (χ4n) is 6.64. The molecule has 2 aromatic carbocycles. The summed E-state index contributed by atoms with van der Waals surface area (Å²) in [5.74, 6) is 0.526. The number of ether oxygens (including phenoxy) is 1. The number of phenolic OH excluding ortho intramolecular Hbond substituents is 1. The number of carbonyl (C=O) groups is 2. The maximum Gasteiger partial charge on any atom is 0.387 e. The Bertz CT molecular complexity index is 1450. The molecule has 2 fully saturated rings. The third-order valence-corrected chi connectivity index (χ3v) is 8.78. The van der Waals surface area contributed by atoms with Gasteiger partial charge in [-0.25, -0.2) is 4.79 Å². The van der Waals surface area contributed by atoms with Crippen molar-refractivity contribution < 1.29 is 28.2 Å². The summed E-state index contributed by atoms with van der Waals surface area (Å²) in [5.41, 5.74) is 1.61. The minimum absolute atomic E-state index is 0.0216. The van der Waals surface area contributed by atoms with Crippen LogP contribution in [0.4, 0.5) is 13.6 Å². The highest BCUT2D eigenvalue weighted by Gasteiger charge is 2.60. The number of hydrogen-bond donors (Lipinski definition) is 2. The van der Waals surface area contributed by atoms with E-state index in [9.17, 15) is 23.5 Å². The normalized spacial score (nSPS) is 23.8. The number of aromatic amines is 1. The van der Waals surface area contributed by atoms with Gasteiger partial charge in [-0.05, 0) is 93.2 Å². The SMILES string of the molecule is CC1CCN(CCCN2C(=O)N3C(c4cccc(O)c4)c4[nH]c5ccc(OC(F)F)cc5c4CC3(C)C2=O)CC1. The third kappa shape index (κ3) is 4.48. The number of carbonyl (C=O) groups excluding carboxylic acids is 2. The number of phenols is 1. The first-order valence-corrected chi connectivity index (χ1v) is 13.9. The van der Waals surface area contributed by atoms with Crippen LogP contribution >= 0.6 is 0 Å². The number of nitrogens with zero attached hydrogens (tertiary/aromatic N) is 3. The number of fused-ring (bicyclic) bond motifs is 4. The quantitative estimate of drug-likeness (QED) is 0.390. The molecule has 3 aliphatic rings. The number of aromatic hydroxyl groups is 1. The molecule has 3 amide bonds. The second-order valence-corrected chi connectivity index (χ2v) is 11.5. The molecule has 2 saturated heterocycles. The molecule has 6 rings (SSSR count). The fourth-order valence-corrected chi connectivity index (χ4v) is 6.64. The molecule has 4 heterocycles. The van der Waals surface area contributed by atoms with E-state index in [1.165, 1.54) is 11.0 Å². The van der Waals surface area contributed by atoms with Crippen molar-refractivity contribution in [1.82, 2.24) is 19.7 Å². The summed E-state index contributed by atoms with van der Waals surface area (Å²) in [5, 5.41) is 11.0. The Labute approximate surface area is 231 Å². The molecular formula is C30H34F2N4O4. The molecule has 0 saturated carbocycles. The van der Waals surface area contributed by atoms with E-state index in [-0.39, 0.29) is 29.9 Å². The van der Waals surface area contributed by atoms with Gasteiger partial charge in [0.15, 0.2) is 0 Å². The molecule has 0 aliphatic carbocycles. The molecule has 212 valence electrons. The molecule has 3 aromatic rings. The Kier molecular flexibility index (Phi) is 6.68. The number of alkyl halides is 2. The first-order chi connectivity index (χ1) is 19.2. The number of H-pyrrole nitrogens is 1. The highest BCUT2D eigenvalue weighted by Crippen LogP contribution is 2.49. The summed E-state index contributed by atoms with van der Waals surface area (Å²) < 4.78 is 30.6. The smallest absolute Gasteiger partial charge is 0.387 e. The topological polar surface area (TPSA) is 89.1 Å². The van der Waals surface area contributed by atoms with E-state index in [2.05, 4.69) is 21.5 Å². The van der Waals surface area contributed by atoms with Crippen LogP contribution in [0, 0.1) is 5.92 Å². The van der Waals surface area contributed by atoms with Crippen LogP contribution < -0.4 is 4.74 Å². The Morgan fingerprint density at radius 2 is 1.90 bits per heavy atom. The van der Waals surface area contributed by atoms with Crippen LogP contribution in [0.25, 0.3) is 10.9 Å². The predicted molar refractivity (Wildman–Crippen MR) is 145 cm³/mol. The minimum atomic E-state index is -2.96. The van der Waals surface area contributed by atoms with E-state index in [1.54, 1.807) is 42.2 Å². The summed E-state index contributed by atoms with van der Waals surface area (Å²) in [6.07, 6.45) is 3.24. The van der Waals surface area contributed by atoms with E-state index < -0.39 is 18.2 Å². The first-order valence-electron chi connectivity index (χ1n) is 13.9. The highest BCUT2D eigenvalue weighted by atomic mass is 19.3. The summed E-state index contributed by atoms with van der Waals surface area (Å²) in [6, 6.07) is 10.3. The number of hydrogen-bond acceptors (Lipinski definition) is 5. The van der Waals surface area contributed by atoms with Crippen molar-refractivity contribution in [2.24, 2.45) is 5.92 Å². The summed E-state index contributed by atoms with van der Waals surface area (Å²) in [6.45, 7) is 4.30. The Morgan fingerprint density at radius 1 is 1.12 bits per heavy atom. The first kappa shape index (κ1) is 26.6. The monoisotopic (exact) mass is 552 g/mol. The van der Waals surface area contributed by atoms with Crippen LogP contribution in [-0.4, -0.2) is 75.1 Å². The van der Waals surface area contributed by atoms with Gasteiger partial charge in [-0.3, -0.25) is 14.6 Å². The second kappa shape index (κ2) is 10.1. The largest absolute Gasteiger partial charge is 0.508 e. The summed E-state index contributed by atoms with van der Waals surface area (Å²) in [4.78, 5) is 36.7. The average Bonchev–Trinajstić information content (AvgIpc) is 3.35. The van der Waals surface area contributed by atoms with E-state index in [0.717, 1.165) is 44.0 Å². The van der Waals surface area contributed by atoms with Gasteiger partial charge >= 0.3 is 12.6 Å². The van der Waals surface area contributed by atoms with Crippen molar-refractivity contribution in [1.29, 1.82) is 0 Å². The highest BCUT2D eigenvalue weighted by molar-refractivity contribution is 6.08. The lowest BCUT2D eigenvalue weighted by atomic mass is 9.81. The number of amides is 3. The standard InChI is InChI=1S/C30H34F2N4O4/c1-18-9-13-34(14-10-18)11-4-12-35-27(38)30(2)17-23-22-16-21(40-28(31)32)7-8-24(22)33-25(23)26(36(30)29(35)39)19-5-3-6-20(37)15-19/h3,5-8,15-16,18,26,28,33,37H,4,9-14,17H2,1-2H3. The molecule has 3 aliphatic heterocycles. The van der Waals surface area contributed by atoms with E-state index in [0.29, 0.717) is 35.1 Å². The van der Waals surface area contributed by atoms with Crippen molar-refractivity contribution in [3.8, 4) is 11.5 Å². The Hall–Kier alpha value is -3.66. The van der Waals surface area contributed by atoms with E-state index in [4.69, 9.17) is 0 Å². The molecule has 10 heteroatoms. The van der Waals surface area contributed by atoms with E-state index >= 15 is 0 Å². The number of likely N-dealkylation sites (tertiary alicyclic amines) is 1. The molecule has 8 nitrogen and oxygen atoms in total. The molecule has 0 bridgehead atoms. The Balaban J connectivity index is 1.36. The summed E-state index contributed by atoms with van der Waals surface area (Å²) in [7, 11) is 0. The maximum absolute atomic E-state index is 14.0. The number of halogens is 2. The number of urea groups is 1. The average molecular weight is 553 g/mol. The van der Waals surface area contributed by atoms with Crippen molar-refractivity contribution in [2.75, 3.05) is 26.2 Å². The molecule has 40 heavy (non-hydrogen) atoms. The lowest BCUT2D eigenvalue weighted by Crippen LogP contribution is -2.53. The van der Waals surface area contributed by atoms with Gasteiger partial charge in [0.05, 0.1) is 0 Å². The summed E-state index contributed by atoms with van der Waals surface area (Å²) >= 11 is 0. The third-order valence-electron chi connectivity index (χ3n) is 8.78. The van der Waals surface area contributed by atoms with Gasteiger partial charge in [-0.2, -0.15) is 8.78 Å². The number of aromatic nitrogens is 1. The second-order valence-electron chi connectivity index (χ2n) is 11.5. The molecule has 2 unspecified atom stereocenters. The van der Waals surface area contributed by atoms with Crippen LogP contribution in [0.2, 0.25) is 0 Å². The van der Waals surface area contributed by atoms with Crippen LogP contribution in [0.5, 0.6) is 11.5 Å². The van der Waals surface area contributed by atoms with Crippen molar-refractivity contribution in [2.45, 2.75) is 57.7 Å². The number of benzene rings is 2. The number of nitrogens with one attached hydrogen (secondary N) is 1. The Morgan fingerprint density at radius 3 is 2.62 bits per heavy atom. The van der Waals surface area contributed by atoms with Gasteiger partial charge in [0.25, 0.3) is 5.91 Å². The van der Waals surface area contributed by atoms with Crippen LogP contribution in [-0.2, 0) is 11.2 Å². The molecule has 2 atom stereocenters. The lowest BCUT2D eigenvalue weighted by molar-refractivity contribution is -0.133. The van der Waals surface area contributed by atoms with Gasteiger partial charge in [0, 0.05) is 29.6 Å². The molecular weight excluding hydrogens is 518 g/mol. The van der Waals surface area contributed by atoms with Crippen molar-refractivity contribution in [3.63, 3.8) is 0 Å². The van der Waals surface area contributed by atoms with Crippen LogP contribution in [0.15, 0.2) is 42.5 Å². The zero-order chi connectivity index (χ0) is 28.2. The van der Waals surface area contributed by atoms with Crippen LogP contribution in [0.1, 0.15) is 56.0 Å². The maximum atomic E-state index is 14.0. The van der Waals surface area contributed by atoms with Gasteiger partial charge in [-0.1, -0.05) is 19.1 Å². The fraction of sp³-hybridized carbons (Fsp3) is 0.467. The molecule has 0 spiro atoms. The lowest BCUT2D eigenvalue weighted by Gasteiger charge is -2.42.